The van der Waals surface area contributed by atoms with Crippen LogP contribution in [-0.4, -0.2) is 75.2 Å². The first-order valence-electron chi connectivity index (χ1n) is 21.4. The third kappa shape index (κ3) is 16.6. The molecule has 1 fully saturated rings. The molecule has 1 saturated heterocycles. The Morgan fingerprint density at radius 3 is 2.13 bits per heavy atom. The first-order valence-corrected chi connectivity index (χ1v) is 21.4. The summed E-state index contributed by atoms with van der Waals surface area (Å²) in [7, 11) is 0. The highest BCUT2D eigenvalue weighted by Crippen LogP contribution is 2.25. The Morgan fingerprint density at radius 1 is 0.770 bits per heavy atom. The van der Waals surface area contributed by atoms with Gasteiger partial charge in [0.2, 0.25) is 17.8 Å². The summed E-state index contributed by atoms with van der Waals surface area (Å²) >= 11 is 0. The Balaban J connectivity index is 0.937. The van der Waals surface area contributed by atoms with E-state index in [2.05, 4.69) is 103 Å². The summed E-state index contributed by atoms with van der Waals surface area (Å²) < 4.78 is 0. The zero-order valence-electron chi connectivity index (χ0n) is 35.6. The van der Waals surface area contributed by atoms with Gasteiger partial charge >= 0.3 is 0 Å². The van der Waals surface area contributed by atoms with Crippen LogP contribution in [0.3, 0.4) is 0 Å². The number of unbranched alkanes of at least 4 members (excludes halogenated alkanes) is 1. The van der Waals surface area contributed by atoms with E-state index in [4.69, 9.17) is 0 Å². The molecule has 0 unspecified atom stereocenters. The zero-order valence-corrected chi connectivity index (χ0v) is 35.6. The molecule has 0 spiro atoms. The highest BCUT2D eigenvalue weighted by molar-refractivity contribution is 6.04. The van der Waals surface area contributed by atoms with Crippen molar-refractivity contribution in [2.75, 3.05) is 43.4 Å². The van der Waals surface area contributed by atoms with Gasteiger partial charge in [-0.1, -0.05) is 85.9 Å². The quantitative estimate of drug-likeness (QED) is 0.0528. The van der Waals surface area contributed by atoms with Gasteiger partial charge in [-0.3, -0.25) is 24.3 Å². The van der Waals surface area contributed by atoms with E-state index in [1.165, 1.54) is 0 Å². The van der Waals surface area contributed by atoms with Crippen molar-refractivity contribution >= 4 is 35.0 Å². The van der Waals surface area contributed by atoms with Crippen molar-refractivity contribution < 1.29 is 14.4 Å². The lowest BCUT2D eigenvalue weighted by Crippen LogP contribution is -2.50. The number of rotatable bonds is 22. The number of aryl methyl sites for hydroxylation is 1. The van der Waals surface area contributed by atoms with Gasteiger partial charge in [0.15, 0.2) is 0 Å². The third-order valence-electron chi connectivity index (χ3n) is 10.1. The molecule has 0 aliphatic carbocycles. The average Bonchev–Trinajstić information content (AvgIpc) is 3.28. The molecule has 3 amide bonds. The van der Waals surface area contributed by atoms with E-state index in [0.717, 1.165) is 92.7 Å². The molecule has 2 aromatic heterocycles. The summed E-state index contributed by atoms with van der Waals surface area (Å²) in [6.45, 7) is 7.55. The van der Waals surface area contributed by atoms with E-state index in [1.54, 1.807) is 18.6 Å². The molecule has 1 aliphatic rings. The molecule has 5 rings (SSSR count). The summed E-state index contributed by atoms with van der Waals surface area (Å²) in [5, 5.41) is 9.09. The normalized spacial score (nSPS) is 13.6. The van der Waals surface area contributed by atoms with Crippen LogP contribution in [0.15, 0.2) is 140 Å². The number of hydrogen-bond donors (Lipinski definition) is 3. The van der Waals surface area contributed by atoms with Gasteiger partial charge in [0, 0.05) is 80.2 Å². The zero-order chi connectivity index (χ0) is 42.9. The first-order chi connectivity index (χ1) is 29.9. The van der Waals surface area contributed by atoms with E-state index in [0.29, 0.717) is 36.7 Å². The number of nitrogens with zero attached hydrogens (tertiary/aromatic N) is 5. The number of anilines is 3. The Morgan fingerprint density at radius 2 is 1.46 bits per heavy atom. The Labute approximate surface area is 361 Å². The van der Waals surface area contributed by atoms with E-state index < -0.39 is 0 Å². The summed E-state index contributed by atoms with van der Waals surface area (Å²) in [6, 6.07) is 18.9. The minimum absolute atomic E-state index is 0.0274. The second-order valence-corrected chi connectivity index (χ2v) is 14.8. The number of nitrogens with one attached hydrogen (secondary N) is 3. The average molecular weight is 821 g/mol. The molecule has 3 N–H and O–H groups in total. The fourth-order valence-electron chi connectivity index (χ4n) is 6.55. The van der Waals surface area contributed by atoms with Crippen molar-refractivity contribution in [1.29, 1.82) is 0 Å². The number of pyridine rings is 1. The first kappa shape index (κ1) is 45.6. The van der Waals surface area contributed by atoms with Crippen molar-refractivity contribution in [3.8, 4) is 11.3 Å². The van der Waals surface area contributed by atoms with Crippen LogP contribution in [0.25, 0.3) is 11.3 Å². The van der Waals surface area contributed by atoms with E-state index in [-0.39, 0.29) is 24.3 Å². The fraction of sp³-hybridized carbons (Fsp3) is 0.320. The minimum Gasteiger partial charge on any atom is -0.347 e. The van der Waals surface area contributed by atoms with Crippen molar-refractivity contribution in [2.24, 2.45) is 0 Å². The topological polar surface area (TPSA) is 132 Å². The maximum Gasteiger partial charge on any atom is 0.255 e. The van der Waals surface area contributed by atoms with Crippen LogP contribution in [0, 0.1) is 6.92 Å². The van der Waals surface area contributed by atoms with Crippen LogP contribution >= 0.6 is 0 Å². The monoisotopic (exact) mass is 820 g/mol. The van der Waals surface area contributed by atoms with Crippen LogP contribution in [0.5, 0.6) is 0 Å². The molecule has 0 saturated carbocycles. The molecular weight excluding hydrogens is 761 g/mol. The van der Waals surface area contributed by atoms with Gasteiger partial charge in [0.1, 0.15) is 0 Å². The maximum atomic E-state index is 13.2. The number of amides is 3. The van der Waals surface area contributed by atoms with Crippen LogP contribution in [0.2, 0.25) is 0 Å². The largest absolute Gasteiger partial charge is 0.347 e. The molecular formula is C50H60N8O3. The summed E-state index contributed by atoms with van der Waals surface area (Å²) in [4.78, 5) is 55.7. The predicted molar refractivity (Wildman–Crippen MR) is 247 cm³/mol. The lowest BCUT2D eigenvalue weighted by molar-refractivity contribution is -0.134. The number of benzene rings is 2. The Bertz CT molecular complexity index is 2140. The Hall–Kier alpha value is -6.46. The van der Waals surface area contributed by atoms with Gasteiger partial charge in [0.05, 0.1) is 12.2 Å². The number of hydrogen-bond acceptors (Lipinski definition) is 8. The number of carbonyl (C=O) groups is 3. The van der Waals surface area contributed by atoms with E-state index in [9.17, 15) is 14.4 Å². The van der Waals surface area contributed by atoms with Crippen LogP contribution in [0.1, 0.15) is 79.8 Å². The molecule has 0 atom stereocenters. The molecule has 0 radical (unpaired) electrons. The van der Waals surface area contributed by atoms with Crippen LogP contribution in [0.4, 0.5) is 17.3 Å². The lowest BCUT2D eigenvalue weighted by Gasteiger charge is -2.34. The molecule has 3 heterocycles. The lowest BCUT2D eigenvalue weighted by atomic mass is 10.1. The predicted octanol–water partition coefficient (Wildman–Crippen LogP) is 9.53. The molecule has 11 heteroatoms. The van der Waals surface area contributed by atoms with E-state index >= 15 is 0 Å². The Kier molecular flexibility index (Phi) is 19.4. The van der Waals surface area contributed by atoms with Crippen molar-refractivity contribution in [2.45, 2.75) is 71.8 Å². The second kappa shape index (κ2) is 25.9. The van der Waals surface area contributed by atoms with Crippen LogP contribution < -0.4 is 16.0 Å². The highest BCUT2D eigenvalue weighted by Gasteiger charge is 2.21. The summed E-state index contributed by atoms with van der Waals surface area (Å²) in [6.07, 6.45) is 33.8. The van der Waals surface area contributed by atoms with Gasteiger partial charge in [-0.15, -0.1) is 0 Å². The highest BCUT2D eigenvalue weighted by atomic mass is 16.2. The fourth-order valence-corrected chi connectivity index (χ4v) is 6.55. The van der Waals surface area contributed by atoms with Gasteiger partial charge < -0.3 is 20.9 Å². The van der Waals surface area contributed by atoms with Crippen molar-refractivity contribution in [3.63, 3.8) is 0 Å². The van der Waals surface area contributed by atoms with Gasteiger partial charge in [0.25, 0.3) is 5.91 Å². The number of aromatic nitrogens is 3. The summed E-state index contributed by atoms with van der Waals surface area (Å²) in [5.74, 6) is 0.0909. The van der Waals surface area contributed by atoms with Gasteiger partial charge in [-0.05, 0) is 105 Å². The number of piperazine rings is 1. The van der Waals surface area contributed by atoms with Crippen LogP contribution in [-0.2, 0) is 16.1 Å². The van der Waals surface area contributed by atoms with E-state index in [1.807, 2.05) is 72.5 Å². The third-order valence-corrected chi connectivity index (χ3v) is 10.1. The minimum atomic E-state index is -0.208. The molecule has 4 aromatic rings. The van der Waals surface area contributed by atoms with Crippen molar-refractivity contribution in [3.05, 3.63) is 157 Å². The molecule has 318 valence electrons. The summed E-state index contributed by atoms with van der Waals surface area (Å²) in [5.41, 5.74) is 5.70. The number of carbonyl (C=O) groups excluding carboxylic acids is 3. The van der Waals surface area contributed by atoms with Gasteiger partial charge in [-0.25, -0.2) is 9.97 Å². The molecule has 0 bridgehead atoms. The van der Waals surface area contributed by atoms with Crippen molar-refractivity contribution in [1.82, 2.24) is 30.1 Å². The second-order valence-electron chi connectivity index (χ2n) is 14.8. The SMILES string of the molecule is CC/C=C\CC=CCC=CC/C=C\C/C=C\CCCC(=O)NCC(=O)N1CCN(Cc2ccc(C(=O)Nc3ccc(C)c(Nc4nccc(-c5cccnc5)n4)c3)cc2)CC1. The maximum absolute atomic E-state index is 13.2. The molecule has 11 nitrogen and oxygen atoms in total. The molecule has 61 heavy (non-hydrogen) atoms. The standard InChI is InChI=1S/C50H60N8O3/c1-3-4-5-6-7-8-9-10-11-12-13-14-15-16-17-18-19-22-47(59)53-38-48(60)58-34-32-57(33-35-58)39-41-24-26-42(27-25-41)49(61)54-44-28-23-40(2)46(36-44)56-50-52-31-29-45(55-50)43-21-20-30-51-37-43/h4-5,7-8,10-11,13-14,16-17,20-21,23-31,36-37H,3,6,9,12,15,18-19,22,32-35,38-39H2,1-2H3,(H,53,59)(H,54,61)(H,52,55,56)/b5-4-,8-7?,11-10?,14-13-,17-16-. The molecule has 2 aromatic carbocycles. The number of allylic oxidation sites excluding steroid dienone is 10. The molecule has 1 aliphatic heterocycles. The van der Waals surface area contributed by atoms with Gasteiger partial charge in [-0.2, -0.15) is 0 Å². The smallest absolute Gasteiger partial charge is 0.255 e.